The summed E-state index contributed by atoms with van der Waals surface area (Å²) in [5, 5.41) is 2.24. The number of para-hydroxylation sites is 1. The van der Waals surface area contributed by atoms with E-state index in [-0.39, 0.29) is 12.3 Å². The summed E-state index contributed by atoms with van der Waals surface area (Å²) in [4.78, 5) is 22.9. The Morgan fingerprint density at radius 3 is 2.27 bits per heavy atom. The van der Waals surface area contributed by atoms with Crippen LogP contribution >= 0.6 is 0 Å². The van der Waals surface area contributed by atoms with Gasteiger partial charge in [0.15, 0.2) is 0 Å². The van der Waals surface area contributed by atoms with Gasteiger partial charge in [-0.05, 0) is 66.4 Å². The molecule has 2 N–H and O–H groups in total. The number of carbonyl (C=O) groups is 1. The van der Waals surface area contributed by atoms with E-state index in [1.54, 1.807) is 0 Å². The Morgan fingerprint density at radius 2 is 1.52 bits per heavy atom. The number of primary amides is 1. The van der Waals surface area contributed by atoms with Crippen molar-refractivity contribution in [3.8, 4) is 22.4 Å². The van der Waals surface area contributed by atoms with Crippen LogP contribution in [0.4, 0.5) is 0 Å². The van der Waals surface area contributed by atoms with Crippen LogP contribution < -0.4 is 5.73 Å². The smallest absolute Gasteiger partial charge is 0.204 e. The molecule has 44 heavy (non-hydrogen) atoms. The molecule has 1 unspecified atom stereocenters. The molecule has 3 aromatic heterocycles. The summed E-state index contributed by atoms with van der Waals surface area (Å²) in [5.41, 5.74) is 16.5. The number of carbonyl (C=O) groups excluding carboxylic acids is 1. The fraction of sp³-hybridized carbons (Fsp3) is 0.105. The predicted octanol–water partition coefficient (Wildman–Crippen LogP) is 7.75. The number of fused-ring (bicyclic) bond motifs is 2. The van der Waals surface area contributed by atoms with Gasteiger partial charge in [0.05, 0.1) is 29.0 Å². The molecule has 216 valence electrons. The lowest BCUT2D eigenvalue weighted by Crippen LogP contribution is -2.08. The lowest BCUT2D eigenvalue weighted by molar-refractivity contribution is -0.106. The van der Waals surface area contributed by atoms with Crippen molar-refractivity contribution >= 4 is 28.2 Å². The van der Waals surface area contributed by atoms with Crippen LogP contribution in [0.1, 0.15) is 33.9 Å². The van der Waals surface area contributed by atoms with Gasteiger partial charge < -0.3 is 10.3 Å². The molecule has 0 aliphatic rings. The largest absolute Gasteiger partial charge is 0.372 e. The molecule has 7 rings (SSSR count). The summed E-state index contributed by atoms with van der Waals surface area (Å²) in [5.74, 6) is 0.0437. The lowest BCUT2D eigenvalue weighted by atomic mass is 9.86. The van der Waals surface area contributed by atoms with Crippen LogP contribution in [-0.4, -0.2) is 25.9 Å². The Bertz CT molecular complexity index is 2100. The van der Waals surface area contributed by atoms with Crippen LogP contribution in [0.3, 0.4) is 0 Å². The van der Waals surface area contributed by atoms with Crippen LogP contribution in [0, 0.1) is 13.8 Å². The first-order valence-corrected chi connectivity index (χ1v) is 14.5. The molecule has 4 aromatic carbocycles. The molecule has 1 amide bonds. The Hall–Kier alpha value is -5.62. The van der Waals surface area contributed by atoms with Gasteiger partial charge in [0.2, 0.25) is 6.41 Å². The van der Waals surface area contributed by atoms with Gasteiger partial charge in [-0.15, -0.1) is 0 Å². The van der Waals surface area contributed by atoms with E-state index < -0.39 is 0 Å². The zero-order valence-corrected chi connectivity index (χ0v) is 25.0. The molecule has 0 radical (unpaired) electrons. The monoisotopic (exact) mass is 575 g/mol. The van der Waals surface area contributed by atoms with E-state index in [4.69, 9.17) is 14.8 Å². The first-order valence-electron chi connectivity index (χ1n) is 14.5. The van der Waals surface area contributed by atoms with Crippen LogP contribution in [0.25, 0.3) is 44.2 Å². The van der Waals surface area contributed by atoms with E-state index in [0.717, 1.165) is 44.3 Å². The van der Waals surface area contributed by atoms with Crippen molar-refractivity contribution in [2.45, 2.75) is 19.8 Å². The third kappa shape index (κ3) is 5.70. The normalized spacial score (nSPS) is 11.6. The predicted molar refractivity (Wildman–Crippen MR) is 178 cm³/mol. The Labute approximate surface area is 256 Å². The van der Waals surface area contributed by atoms with Crippen LogP contribution in [0.15, 0.2) is 122 Å². The van der Waals surface area contributed by atoms with Gasteiger partial charge in [-0.2, -0.15) is 0 Å². The summed E-state index contributed by atoms with van der Waals surface area (Å²) in [7, 11) is 2.06. The molecule has 6 nitrogen and oxygen atoms in total. The van der Waals surface area contributed by atoms with Gasteiger partial charge in [0.1, 0.15) is 0 Å². The van der Waals surface area contributed by atoms with Gasteiger partial charge in [0, 0.05) is 41.5 Å². The molecular weight excluding hydrogens is 542 g/mol. The number of aromatic nitrogens is 4. The summed E-state index contributed by atoms with van der Waals surface area (Å²) in [6.45, 7) is 4.27. The highest BCUT2D eigenvalue weighted by Crippen LogP contribution is 2.38. The second kappa shape index (κ2) is 12.3. The van der Waals surface area contributed by atoms with Crippen molar-refractivity contribution in [2.24, 2.45) is 12.8 Å². The molecule has 3 heterocycles. The number of hydrogen-bond donors (Lipinski definition) is 1. The minimum absolute atomic E-state index is 0.0437. The van der Waals surface area contributed by atoms with Gasteiger partial charge in [0.25, 0.3) is 0 Å². The van der Waals surface area contributed by atoms with E-state index in [1.165, 1.54) is 27.8 Å². The summed E-state index contributed by atoms with van der Waals surface area (Å²) in [6, 6.07) is 36.9. The maximum atomic E-state index is 8.58. The minimum Gasteiger partial charge on any atom is -0.372 e. The lowest BCUT2D eigenvalue weighted by Gasteiger charge is -2.20. The number of benzene rings is 4. The van der Waals surface area contributed by atoms with E-state index in [0.29, 0.717) is 0 Å². The third-order valence-corrected chi connectivity index (χ3v) is 7.94. The fourth-order valence-corrected chi connectivity index (χ4v) is 5.77. The van der Waals surface area contributed by atoms with Crippen LogP contribution in [0.5, 0.6) is 0 Å². The van der Waals surface area contributed by atoms with Crippen molar-refractivity contribution in [3.63, 3.8) is 0 Å². The quantitative estimate of drug-likeness (QED) is 0.213. The number of rotatable bonds is 5. The molecule has 6 heteroatoms. The number of pyridine rings is 2. The third-order valence-electron chi connectivity index (χ3n) is 7.94. The number of imidazole rings is 1. The summed E-state index contributed by atoms with van der Waals surface area (Å²) in [6.07, 6.45) is 6.03. The van der Waals surface area contributed by atoms with E-state index in [1.807, 2.05) is 36.9 Å². The first-order chi connectivity index (χ1) is 21.4. The molecule has 0 bridgehead atoms. The molecule has 0 saturated heterocycles. The zero-order chi connectivity index (χ0) is 30.6. The molecule has 0 saturated carbocycles. The van der Waals surface area contributed by atoms with E-state index >= 15 is 0 Å². The maximum absolute atomic E-state index is 8.58. The van der Waals surface area contributed by atoms with Crippen molar-refractivity contribution in [1.82, 2.24) is 19.5 Å². The number of amides is 1. The highest BCUT2D eigenvalue weighted by atomic mass is 16.1. The molecule has 1 atom stereocenters. The van der Waals surface area contributed by atoms with Gasteiger partial charge >= 0.3 is 0 Å². The summed E-state index contributed by atoms with van der Waals surface area (Å²) < 4.78 is 2.12. The maximum Gasteiger partial charge on any atom is 0.204 e. The minimum atomic E-state index is 0.0437. The Balaban J connectivity index is 0.00000110. The summed E-state index contributed by atoms with van der Waals surface area (Å²) >= 11 is 0. The fourth-order valence-electron chi connectivity index (χ4n) is 5.77. The van der Waals surface area contributed by atoms with Crippen LogP contribution in [0.2, 0.25) is 0 Å². The number of hydrogen-bond acceptors (Lipinski definition) is 4. The van der Waals surface area contributed by atoms with Gasteiger partial charge in [-0.1, -0.05) is 83.9 Å². The van der Waals surface area contributed by atoms with Crippen LogP contribution in [-0.2, 0) is 11.8 Å². The SMILES string of the molecule is Cc1ccc(C(c2ccc3nc(-c4cnc5ccccc5c4)cc(-c4cccc(C)c4)c3c2)c2cncn2C)cc1.NC=O. The second-order valence-electron chi connectivity index (χ2n) is 11.0. The number of nitrogens with two attached hydrogens (primary N) is 1. The molecular formula is C38H33N5O. The molecule has 0 spiro atoms. The van der Waals surface area contributed by atoms with Crippen molar-refractivity contribution in [1.29, 1.82) is 0 Å². The Morgan fingerprint density at radius 1 is 0.750 bits per heavy atom. The second-order valence-corrected chi connectivity index (χ2v) is 11.0. The number of aryl methyl sites for hydroxylation is 3. The van der Waals surface area contributed by atoms with Crippen molar-refractivity contribution < 1.29 is 4.79 Å². The molecule has 0 aliphatic heterocycles. The highest BCUT2D eigenvalue weighted by molar-refractivity contribution is 5.98. The highest BCUT2D eigenvalue weighted by Gasteiger charge is 2.21. The van der Waals surface area contributed by atoms with E-state index in [9.17, 15) is 0 Å². The average Bonchev–Trinajstić information content (AvgIpc) is 3.46. The average molecular weight is 576 g/mol. The van der Waals surface area contributed by atoms with Gasteiger partial charge in [-0.25, -0.2) is 9.97 Å². The van der Waals surface area contributed by atoms with Gasteiger partial charge in [-0.3, -0.25) is 9.78 Å². The Kier molecular flexibility index (Phi) is 7.98. The van der Waals surface area contributed by atoms with Crippen molar-refractivity contribution in [2.75, 3.05) is 0 Å². The standard InChI is InChI=1S/C37H30N4.CH3NO/c1-24-11-13-26(14-12-24)37(36-22-38-23-41(36)3)29-15-16-34-32(19-29)31(27-9-6-7-25(2)17-27)20-35(40-34)30-18-28-8-4-5-10-33(28)39-21-30;2-1-3/h4-23,37H,1-3H3;1H,(H2,2,3). The van der Waals surface area contributed by atoms with Crippen molar-refractivity contribution in [3.05, 3.63) is 150 Å². The first kappa shape index (κ1) is 28.5. The molecule has 0 aliphatic carbocycles. The topological polar surface area (TPSA) is 86.7 Å². The number of nitrogens with zero attached hydrogens (tertiary/aromatic N) is 4. The molecule has 0 fully saturated rings. The van der Waals surface area contributed by atoms with E-state index in [2.05, 4.69) is 121 Å². The molecule has 7 aromatic rings. The zero-order valence-electron chi connectivity index (χ0n) is 25.0.